The Labute approximate surface area is 118 Å². The fourth-order valence-corrected chi connectivity index (χ4v) is 1.74. The van der Waals surface area contributed by atoms with E-state index in [0.717, 1.165) is 10.2 Å². The minimum Gasteiger partial charge on any atom is -0.464 e. The molecule has 1 aromatic heterocycles. The summed E-state index contributed by atoms with van der Waals surface area (Å²) in [5.41, 5.74) is 3.21. The van der Waals surface area contributed by atoms with E-state index in [1.54, 1.807) is 0 Å². The normalized spacial score (nSPS) is 10.1. The van der Waals surface area contributed by atoms with E-state index >= 15 is 0 Å². The van der Waals surface area contributed by atoms with Gasteiger partial charge in [0.2, 0.25) is 11.9 Å². The maximum atomic E-state index is 5.31. The number of nitrogen functional groups attached to an aromatic ring is 1. The molecular formula is C11H13BrN6O. The number of nitrogens with zero attached hydrogens (tertiary/aromatic N) is 3. The first kappa shape index (κ1) is 13.5. The van der Waals surface area contributed by atoms with Gasteiger partial charge in [-0.2, -0.15) is 15.0 Å². The van der Waals surface area contributed by atoms with E-state index in [9.17, 15) is 0 Å². The van der Waals surface area contributed by atoms with Gasteiger partial charge in [-0.15, -0.1) is 0 Å². The molecule has 0 aliphatic rings. The molecule has 1 aromatic carbocycles. The van der Waals surface area contributed by atoms with Crippen LogP contribution in [0.2, 0.25) is 0 Å². The average Bonchev–Trinajstić information content (AvgIpc) is 2.41. The van der Waals surface area contributed by atoms with Crippen LogP contribution in [0.3, 0.4) is 0 Å². The van der Waals surface area contributed by atoms with Gasteiger partial charge in [0.25, 0.3) is 0 Å². The smallest absolute Gasteiger partial charge is 0.323 e. The van der Waals surface area contributed by atoms with E-state index in [1.165, 1.54) is 0 Å². The lowest BCUT2D eigenvalue weighted by atomic mass is 10.3. The second kappa shape index (κ2) is 6.30. The van der Waals surface area contributed by atoms with Crippen molar-refractivity contribution in [2.75, 3.05) is 17.3 Å². The van der Waals surface area contributed by atoms with Crippen LogP contribution in [-0.2, 0) is 0 Å². The maximum Gasteiger partial charge on any atom is 0.323 e. The first-order valence-electron chi connectivity index (χ1n) is 5.60. The number of hydrazine groups is 1. The Kier molecular flexibility index (Phi) is 4.48. The van der Waals surface area contributed by atoms with Gasteiger partial charge >= 0.3 is 6.01 Å². The van der Waals surface area contributed by atoms with Crippen molar-refractivity contribution in [3.8, 4) is 6.01 Å². The second-order valence-corrected chi connectivity index (χ2v) is 4.30. The molecule has 0 radical (unpaired) electrons. The van der Waals surface area contributed by atoms with Crippen molar-refractivity contribution in [2.24, 2.45) is 5.84 Å². The van der Waals surface area contributed by atoms with Crippen LogP contribution < -0.4 is 21.3 Å². The van der Waals surface area contributed by atoms with Crippen LogP contribution >= 0.6 is 15.9 Å². The Morgan fingerprint density at radius 1 is 1.21 bits per heavy atom. The molecule has 0 atom stereocenters. The molecule has 0 saturated carbocycles. The Balaban J connectivity index is 2.29. The van der Waals surface area contributed by atoms with Gasteiger partial charge in [0, 0.05) is 4.47 Å². The summed E-state index contributed by atoms with van der Waals surface area (Å²) in [6.45, 7) is 2.31. The number of anilines is 3. The van der Waals surface area contributed by atoms with E-state index in [2.05, 4.69) is 41.6 Å². The molecule has 7 nitrogen and oxygen atoms in total. The molecule has 0 fully saturated rings. The summed E-state index contributed by atoms with van der Waals surface area (Å²) in [5.74, 6) is 5.89. The van der Waals surface area contributed by atoms with Crippen LogP contribution in [0, 0.1) is 0 Å². The molecule has 8 heteroatoms. The molecule has 0 saturated heterocycles. The molecule has 4 N–H and O–H groups in total. The van der Waals surface area contributed by atoms with Gasteiger partial charge in [0.15, 0.2) is 0 Å². The number of hydrogen-bond donors (Lipinski definition) is 3. The van der Waals surface area contributed by atoms with Crippen LogP contribution in [0.15, 0.2) is 28.7 Å². The third kappa shape index (κ3) is 3.52. The number of ether oxygens (including phenoxy) is 1. The summed E-state index contributed by atoms with van der Waals surface area (Å²) in [6.07, 6.45) is 0. The number of hydrogen-bond acceptors (Lipinski definition) is 7. The fourth-order valence-electron chi connectivity index (χ4n) is 1.35. The molecule has 1 heterocycles. The number of nitrogens with two attached hydrogens (primary N) is 1. The molecule has 100 valence electrons. The lowest BCUT2D eigenvalue weighted by Crippen LogP contribution is -2.13. The van der Waals surface area contributed by atoms with Crippen LogP contribution in [-0.4, -0.2) is 21.6 Å². The highest BCUT2D eigenvalue weighted by molar-refractivity contribution is 9.10. The summed E-state index contributed by atoms with van der Waals surface area (Å²) in [6, 6.07) is 7.83. The van der Waals surface area contributed by atoms with Crippen molar-refractivity contribution in [2.45, 2.75) is 6.92 Å². The molecule has 0 amide bonds. The van der Waals surface area contributed by atoms with Gasteiger partial charge < -0.3 is 10.1 Å². The number of rotatable bonds is 5. The van der Waals surface area contributed by atoms with E-state index in [4.69, 9.17) is 10.6 Å². The molecule has 0 spiro atoms. The van der Waals surface area contributed by atoms with Gasteiger partial charge in [-0.05, 0) is 35.0 Å². The first-order chi connectivity index (χ1) is 9.22. The predicted octanol–water partition coefficient (Wildman–Crippen LogP) is 2.06. The van der Waals surface area contributed by atoms with Crippen LogP contribution in [0.25, 0.3) is 0 Å². The zero-order valence-electron chi connectivity index (χ0n) is 10.2. The Morgan fingerprint density at radius 2 is 1.95 bits per heavy atom. The molecule has 2 rings (SSSR count). The Hall–Kier alpha value is -1.93. The van der Waals surface area contributed by atoms with Crippen LogP contribution in [0.1, 0.15) is 6.92 Å². The number of nitrogens with one attached hydrogen (secondary N) is 2. The van der Waals surface area contributed by atoms with Crippen molar-refractivity contribution in [1.82, 2.24) is 15.0 Å². The highest BCUT2D eigenvalue weighted by atomic mass is 79.9. The molecule has 0 unspecified atom stereocenters. The van der Waals surface area contributed by atoms with Gasteiger partial charge in [0.05, 0.1) is 12.3 Å². The maximum absolute atomic E-state index is 5.31. The zero-order chi connectivity index (χ0) is 13.7. The van der Waals surface area contributed by atoms with Gasteiger partial charge in [0.1, 0.15) is 0 Å². The molecule has 2 aromatic rings. The Bertz CT molecular complexity index is 565. The summed E-state index contributed by atoms with van der Waals surface area (Å²) < 4.78 is 6.15. The summed E-state index contributed by atoms with van der Waals surface area (Å²) in [5, 5.41) is 3.06. The number of benzene rings is 1. The van der Waals surface area contributed by atoms with Crippen LogP contribution in [0.4, 0.5) is 17.6 Å². The SMILES string of the molecule is CCOc1nc(NN)nc(Nc2ccccc2Br)n1. The van der Waals surface area contributed by atoms with Crippen molar-refractivity contribution in [3.05, 3.63) is 28.7 Å². The molecule has 0 aliphatic carbocycles. The fraction of sp³-hybridized carbons (Fsp3) is 0.182. The van der Waals surface area contributed by atoms with E-state index in [-0.39, 0.29) is 12.0 Å². The van der Waals surface area contributed by atoms with Crippen molar-refractivity contribution in [3.63, 3.8) is 0 Å². The minimum atomic E-state index is 0.208. The highest BCUT2D eigenvalue weighted by Gasteiger charge is 2.08. The van der Waals surface area contributed by atoms with E-state index in [0.29, 0.717) is 12.6 Å². The lowest BCUT2D eigenvalue weighted by molar-refractivity contribution is 0.312. The predicted molar refractivity (Wildman–Crippen MR) is 76.2 cm³/mol. The molecule has 0 aliphatic heterocycles. The molecule has 19 heavy (non-hydrogen) atoms. The summed E-state index contributed by atoms with van der Waals surface area (Å²) in [7, 11) is 0. The lowest BCUT2D eigenvalue weighted by Gasteiger charge is -2.09. The van der Waals surface area contributed by atoms with E-state index < -0.39 is 0 Å². The van der Waals surface area contributed by atoms with Gasteiger partial charge in [-0.3, -0.25) is 5.43 Å². The number of aromatic nitrogens is 3. The highest BCUT2D eigenvalue weighted by Crippen LogP contribution is 2.24. The standard InChI is InChI=1S/C11H13BrN6O/c1-2-19-11-16-9(15-10(17-11)18-13)14-8-6-4-3-5-7(8)12/h3-6H,2,13H2,1H3,(H2,14,15,16,17,18). The van der Waals surface area contributed by atoms with Gasteiger partial charge in [-0.1, -0.05) is 12.1 Å². The number of para-hydroxylation sites is 1. The zero-order valence-corrected chi connectivity index (χ0v) is 11.8. The molecular weight excluding hydrogens is 312 g/mol. The van der Waals surface area contributed by atoms with Crippen LogP contribution in [0.5, 0.6) is 6.01 Å². The molecule has 0 bridgehead atoms. The Morgan fingerprint density at radius 3 is 2.63 bits per heavy atom. The minimum absolute atomic E-state index is 0.208. The summed E-state index contributed by atoms with van der Waals surface area (Å²) in [4.78, 5) is 12.2. The van der Waals surface area contributed by atoms with Crippen molar-refractivity contribution < 1.29 is 4.74 Å². The van der Waals surface area contributed by atoms with Gasteiger partial charge in [-0.25, -0.2) is 5.84 Å². The first-order valence-corrected chi connectivity index (χ1v) is 6.39. The topological polar surface area (TPSA) is 98.0 Å². The number of halogens is 1. The quantitative estimate of drug-likeness (QED) is 0.572. The largest absolute Gasteiger partial charge is 0.464 e. The monoisotopic (exact) mass is 324 g/mol. The third-order valence-electron chi connectivity index (χ3n) is 2.14. The van der Waals surface area contributed by atoms with E-state index in [1.807, 2.05) is 31.2 Å². The van der Waals surface area contributed by atoms with Crippen molar-refractivity contribution >= 4 is 33.5 Å². The average molecular weight is 325 g/mol. The van der Waals surface area contributed by atoms with Crippen molar-refractivity contribution in [1.29, 1.82) is 0 Å². The summed E-state index contributed by atoms with van der Waals surface area (Å²) >= 11 is 3.43. The third-order valence-corrected chi connectivity index (χ3v) is 2.83. The second-order valence-electron chi connectivity index (χ2n) is 3.45.